The Hall–Kier alpha value is -6.79. The zero-order chi connectivity index (χ0) is 32.1. The summed E-state index contributed by atoms with van der Waals surface area (Å²) in [6.07, 6.45) is 3.72. The minimum atomic E-state index is 0.728. The summed E-state index contributed by atoms with van der Waals surface area (Å²) in [4.78, 5) is 15.0. The van der Waals surface area contributed by atoms with Gasteiger partial charge in [0.15, 0.2) is 0 Å². The Morgan fingerprint density at radius 1 is 0.449 bits per heavy atom. The lowest BCUT2D eigenvalue weighted by molar-refractivity contribution is 0.484. The number of hydrogen-bond donors (Lipinski definition) is 0. The van der Waals surface area contributed by atoms with E-state index >= 15 is 0 Å². The van der Waals surface area contributed by atoms with Crippen molar-refractivity contribution in [2.75, 3.05) is 0 Å². The van der Waals surface area contributed by atoms with Gasteiger partial charge in [-0.05, 0) is 54.6 Å². The number of fused-ring (bicyclic) bond motifs is 12. The van der Waals surface area contributed by atoms with E-state index in [0.717, 1.165) is 78.0 Å². The van der Waals surface area contributed by atoms with Crippen LogP contribution in [0.25, 0.3) is 88.2 Å². The minimum absolute atomic E-state index is 0.728. The molecule has 0 atom stereocenters. The smallest absolute Gasteiger partial charge is 0.146 e. The second kappa shape index (κ2) is 9.86. The summed E-state index contributed by atoms with van der Waals surface area (Å²) in [6, 6.07) is 48.2. The van der Waals surface area contributed by atoms with Crippen molar-refractivity contribution in [3.8, 4) is 34.0 Å². The lowest BCUT2D eigenvalue weighted by Gasteiger charge is -2.12. The molecule has 6 heterocycles. The van der Waals surface area contributed by atoms with E-state index in [9.17, 15) is 0 Å². The molecule has 0 aliphatic rings. The highest BCUT2D eigenvalue weighted by molar-refractivity contribution is 6.22. The fourth-order valence-electron chi connectivity index (χ4n) is 7.73. The van der Waals surface area contributed by atoms with E-state index in [1.54, 1.807) is 0 Å². The van der Waals surface area contributed by atoms with Crippen molar-refractivity contribution in [2.24, 2.45) is 0 Å². The van der Waals surface area contributed by atoms with Crippen LogP contribution in [0.2, 0.25) is 0 Å². The molecule has 49 heavy (non-hydrogen) atoms. The molecular weight excluding hydrogens is 603 g/mol. The molecule has 0 radical (unpaired) electrons. The van der Waals surface area contributed by atoms with Gasteiger partial charge in [0.25, 0.3) is 0 Å². The fourth-order valence-corrected chi connectivity index (χ4v) is 7.73. The molecule has 0 saturated heterocycles. The molecule has 228 valence electrons. The highest BCUT2D eigenvalue weighted by Gasteiger charge is 2.22. The first-order valence-corrected chi connectivity index (χ1v) is 16.4. The zero-order valence-corrected chi connectivity index (χ0v) is 26.1. The number of imidazole rings is 1. The maximum Gasteiger partial charge on any atom is 0.146 e. The van der Waals surface area contributed by atoms with Gasteiger partial charge in [0.1, 0.15) is 22.8 Å². The normalized spacial score (nSPS) is 12.1. The van der Waals surface area contributed by atoms with Crippen LogP contribution in [0.15, 0.2) is 152 Å². The third-order valence-electron chi connectivity index (χ3n) is 9.77. The molecule has 0 spiro atoms. The molecular formula is C43H25N5O. The predicted molar refractivity (Wildman–Crippen MR) is 198 cm³/mol. The number of benzene rings is 5. The van der Waals surface area contributed by atoms with Crippen molar-refractivity contribution in [1.82, 2.24) is 23.8 Å². The maximum atomic E-state index is 6.67. The van der Waals surface area contributed by atoms with Crippen LogP contribution in [-0.2, 0) is 0 Å². The van der Waals surface area contributed by atoms with Gasteiger partial charge in [-0.2, -0.15) is 0 Å². The zero-order valence-electron chi connectivity index (χ0n) is 26.1. The third kappa shape index (κ3) is 3.68. The lowest BCUT2D eigenvalue weighted by Crippen LogP contribution is -1.96. The molecule has 0 fully saturated rings. The van der Waals surface area contributed by atoms with E-state index < -0.39 is 0 Å². The summed E-state index contributed by atoms with van der Waals surface area (Å²) >= 11 is 0. The predicted octanol–water partition coefficient (Wildman–Crippen LogP) is 10.7. The second-order valence-electron chi connectivity index (χ2n) is 12.5. The summed E-state index contributed by atoms with van der Waals surface area (Å²) in [7, 11) is 0. The number of ether oxygens (including phenoxy) is 1. The SMILES string of the molecule is c1ccc(-c2nc3c4cc(Oc5ccc6c7cccc8c9cccnc9n(c6c5)c78)ccc4c4ncccc4n3c2-c2ccccc2)cc1. The highest BCUT2D eigenvalue weighted by atomic mass is 16.5. The van der Waals surface area contributed by atoms with Crippen LogP contribution >= 0.6 is 0 Å². The quantitative estimate of drug-likeness (QED) is 0.182. The van der Waals surface area contributed by atoms with Crippen molar-refractivity contribution >= 4 is 65.7 Å². The number of para-hydroxylation sites is 1. The van der Waals surface area contributed by atoms with Crippen LogP contribution < -0.4 is 4.74 Å². The summed E-state index contributed by atoms with van der Waals surface area (Å²) < 4.78 is 11.2. The molecule has 5 aromatic carbocycles. The van der Waals surface area contributed by atoms with E-state index in [0.29, 0.717) is 0 Å². The van der Waals surface area contributed by atoms with Crippen molar-refractivity contribution in [2.45, 2.75) is 0 Å². The largest absolute Gasteiger partial charge is 0.457 e. The Morgan fingerprint density at radius 3 is 1.98 bits per heavy atom. The van der Waals surface area contributed by atoms with Crippen LogP contribution in [0.1, 0.15) is 0 Å². The Kier molecular flexibility index (Phi) is 5.29. The number of nitrogens with zero attached hydrogens (tertiary/aromatic N) is 5. The first-order valence-electron chi connectivity index (χ1n) is 16.4. The van der Waals surface area contributed by atoms with Crippen molar-refractivity contribution in [1.29, 1.82) is 0 Å². The topological polar surface area (TPSA) is 56.7 Å². The molecule has 6 aromatic heterocycles. The number of hydrogen-bond acceptors (Lipinski definition) is 4. The van der Waals surface area contributed by atoms with Crippen molar-refractivity contribution in [3.63, 3.8) is 0 Å². The molecule has 0 amide bonds. The summed E-state index contributed by atoms with van der Waals surface area (Å²) in [5.41, 5.74) is 10.1. The monoisotopic (exact) mass is 627 g/mol. The second-order valence-corrected chi connectivity index (χ2v) is 12.5. The lowest BCUT2D eigenvalue weighted by atomic mass is 10.0. The number of aromatic nitrogens is 5. The van der Waals surface area contributed by atoms with Crippen molar-refractivity contribution in [3.05, 3.63) is 152 Å². The minimum Gasteiger partial charge on any atom is -0.457 e. The molecule has 6 nitrogen and oxygen atoms in total. The Morgan fingerprint density at radius 2 is 1.14 bits per heavy atom. The summed E-state index contributed by atoms with van der Waals surface area (Å²) in [5.74, 6) is 1.48. The van der Waals surface area contributed by atoms with E-state index in [2.05, 4.69) is 118 Å². The standard InChI is InChI=1S/C43H25N5O/c1-3-10-26(11-4-1)38-40(27-12-5-2-6-13-27)47-36-17-9-22-44-39(36)31-21-19-28(24-35(31)43(47)46-38)49-29-18-20-30-32-14-7-15-33-34-16-8-23-45-42(34)48(41(32)33)37(30)25-29/h1-25H. The van der Waals surface area contributed by atoms with E-state index in [1.165, 1.54) is 21.7 Å². The van der Waals surface area contributed by atoms with Gasteiger partial charge in [0, 0.05) is 61.9 Å². The van der Waals surface area contributed by atoms with Crippen LogP contribution in [0, 0.1) is 0 Å². The Bertz CT molecular complexity index is 3070. The maximum absolute atomic E-state index is 6.67. The molecule has 11 aromatic rings. The van der Waals surface area contributed by atoms with Crippen molar-refractivity contribution < 1.29 is 4.74 Å². The molecule has 0 unspecified atom stereocenters. The van der Waals surface area contributed by atoms with Crippen LogP contribution in [0.4, 0.5) is 0 Å². The number of pyridine rings is 3. The van der Waals surface area contributed by atoms with E-state index in [4.69, 9.17) is 19.7 Å². The number of rotatable bonds is 4. The van der Waals surface area contributed by atoms with Crippen LogP contribution in [0.5, 0.6) is 11.5 Å². The molecule has 0 aliphatic heterocycles. The van der Waals surface area contributed by atoms with Gasteiger partial charge in [-0.3, -0.25) is 13.8 Å². The van der Waals surface area contributed by atoms with Gasteiger partial charge < -0.3 is 4.74 Å². The van der Waals surface area contributed by atoms with Gasteiger partial charge in [-0.15, -0.1) is 0 Å². The van der Waals surface area contributed by atoms with Gasteiger partial charge in [-0.1, -0.05) is 78.9 Å². The van der Waals surface area contributed by atoms with Crippen LogP contribution in [0.3, 0.4) is 0 Å². The summed E-state index contributed by atoms with van der Waals surface area (Å²) in [5, 5.41) is 6.75. The van der Waals surface area contributed by atoms with Gasteiger partial charge in [0.05, 0.1) is 33.5 Å². The fraction of sp³-hybridized carbons (Fsp3) is 0. The van der Waals surface area contributed by atoms with Crippen LogP contribution in [-0.4, -0.2) is 23.8 Å². The summed E-state index contributed by atoms with van der Waals surface area (Å²) in [6.45, 7) is 0. The molecule has 11 rings (SSSR count). The molecule has 0 saturated carbocycles. The molecule has 6 heteroatoms. The third-order valence-corrected chi connectivity index (χ3v) is 9.77. The average molecular weight is 628 g/mol. The van der Waals surface area contributed by atoms with E-state index in [-0.39, 0.29) is 0 Å². The van der Waals surface area contributed by atoms with Gasteiger partial charge in [-0.25, -0.2) is 9.97 Å². The Labute approximate surface area is 279 Å². The first-order chi connectivity index (χ1) is 24.3. The van der Waals surface area contributed by atoms with E-state index in [1.807, 2.05) is 42.7 Å². The van der Waals surface area contributed by atoms with Gasteiger partial charge >= 0.3 is 0 Å². The average Bonchev–Trinajstić information content (AvgIpc) is 3.84. The van der Waals surface area contributed by atoms with Gasteiger partial charge in [0.2, 0.25) is 0 Å². The molecule has 0 N–H and O–H groups in total. The highest BCUT2D eigenvalue weighted by Crippen LogP contribution is 2.42. The first kappa shape index (κ1) is 26.3. The molecule has 0 aliphatic carbocycles. The Balaban J connectivity index is 1.14. The molecule has 0 bridgehead atoms.